The maximum absolute atomic E-state index is 5.47. The predicted octanol–water partition coefficient (Wildman–Crippen LogP) is 3.15. The normalized spacial score (nSPS) is 17.6. The van der Waals surface area contributed by atoms with E-state index in [1.807, 2.05) is 17.9 Å². The van der Waals surface area contributed by atoms with E-state index in [9.17, 15) is 0 Å². The highest BCUT2D eigenvalue weighted by atomic mass is 32.2. The van der Waals surface area contributed by atoms with E-state index in [-0.39, 0.29) is 0 Å². The van der Waals surface area contributed by atoms with Crippen LogP contribution in [0.3, 0.4) is 0 Å². The standard InChI is InChI=1S/C15H27N3OS/c1-4-9-16-13(11-20-12-7-5-6-8-12)15-14(19-3)10-17-18(15)2/h10,12-13,16H,4-9,11H2,1-3H3. The van der Waals surface area contributed by atoms with Crippen LogP contribution < -0.4 is 10.1 Å². The van der Waals surface area contributed by atoms with Crippen molar-refractivity contribution in [2.24, 2.45) is 7.05 Å². The van der Waals surface area contributed by atoms with Crippen molar-refractivity contribution in [2.45, 2.75) is 50.3 Å². The molecule has 20 heavy (non-hydrogen) atoms. The Morgan fingerprint density at radius 3 is 2.90 bits per heavy atom. The van der Waals surface area contributed by atoms with Gasteiger partial charge in [0, 0.05) is 18.1 Å². The summed E-state index contributed by atoms with van der Waals surface area (Å²) in [4.78, 5) is 0. The summed E-state index contributed by atoms with van der Waals surface area (Å²) in [6.45, 7) is 3.23. The number of thioether (sulfide) groups is 1. The molecule has 1 atom stereocenters. The highest BCUT2D eigenvalue weighted by molar-refractivity contribution is 7.99. The van der Waals surface area contributed by atoms with Gasteiger partial charge in [-0.2, -0.15) is 16.9 Å². The van der Waals surface area contributed by atoms with Gasteiger partial charge in [-0.25, -0.2) is 0 Å². The van der Waals surface area contributed by atoms with Crippen LogP contribution in [0.4, 0.5) is 0 Å². The zero-order valence-corrected chi connectivity index (χ0v) is 13.7. The number of nitrogens with one attached hydrogen (secondary N) is 1. The molecule has 2 rings (SSSR count). The minimum Gasteiger partial charge on any atom is -0.493 e. The molecule has 0 spiro atoms. The van der Waals surface area contributed by atoms with Crippen molar-refractivity contribution in [1.82, 2.24) is 15.1 Å². The molecule has 1 aromatic heterocycles. The summed E-state index contributed by atoms with van der Waals surface area (Å²) in [6.07, 6.45) is 8.53. The van der Waals surface area contributed by atoms with E-state index in [0.29, 0.717) is 6.04 Å². The van der Waals surface area contributed by atoms with Crippen LogP contribution in [0.2, 0.25) is 0 Å². The second-order valence-corrected chi connectivity index (χ2v) is 6.80. The Bertz CT molecular complexity index is 402. The number of aromatic nitrogens is 2. The van der Waals surface area contributed by atoms with Gasteiger partial charge in [0.2, 0.25) is 0 Å². The SMILES string of the molecule is CCCNC(CSC1CCCC1)c1c(OC)cnn1C. The third kappa shape index (κ3) is 3.92. The highest BCUT2D eigenvalue weighted by Gasteiger charge is 2.23. The lowest BCUT2D eigenvalue weighted by atomic mass is 10.2. The Labute approximate surface area is 126 Å². The summed E-state index contributed by atoms with van der Waals surface area (Å²) in [5.41, 5.74) is 1.17. The molecule has 1 saturated carbocycles. The van der Waals surface area contributed by atoms with Crippen LogP contribution in [0, 0.1) is 0 Å². The van der Waals surface area contributed by atoms with Gasteiger partial charge in [-0.3, -0.25) is 4.68 Å². The Morgan fingerprint density at radius 2 is 2.25 bits per heavy atom. The third-order valence-corrected chi connectivity index (χ3v) is 5.41. The molecule has 1 N–H and O–H groups in total. The number of rotatable bonds is 8. The van der Waals surface area contributed by atoms with Crippen molar-refractivity contribution in [1.29, 1.82) is 0 Å². The smallest absolute Gasteiger partial charge is 0.161 e. The summed E-state index contributed by atoms with van der Waals surface area (Å²) in [5.74, 6) is 1.99. The van der Waals surface area contributed by atoms with Crippen molar-refractivity contribution < 1.29 is 4.74 Å². The quantitative estimate of drug-likeness (QED) is 0.800. The van der Waals surface area contributed by atoms with Crippen molar-refractivity contribution in [3.05, 3.63) is 11.9 Å². The van der Waals surface area contributed by atoms with E-state index in [0.717, 1.165) is 29.7 Å². The molecule has 1 aromatic rings. The molecular weight excluding hydrogens is 270 g/mol. The van der Waals surface area contributed by atoms with E-state index >= 15 is 0 Å². The number of hydrogen-bond donors (Lipinski definition) is 1. The van der Waals surface area contributed by atoms with Gasteiger partial charge in [0.25, 0.3) is 0 Å². The van der Waals surface area contributed by atoms with Gasteiger partial charge >= 0.3 is 0 Å². The van der Waals surface area contributed by atoms with Crippen molar-refractivity contribution >= 4 is 11.8 Å². The van der Waals surface area contributed by atoms with Crippen LogP contribution in [-0.4, -0.2) is 34.4 Å². The first-order valence-electron chi connectivity index (χ1n) is 7.67. The molecule has 1 heterocycles. The summed E-state index contributed by atoms with van der Waals surface area (Å²) in [6, 6.07) is 0.322. The molecule has 1 unspecified atom stereocenters. The fourth-order valence-electron chi connectivity index (χ4n) is 2.82. The fraction of sp³-hybridized carbons (Fsp3) is 0.800. The number of hydrogen-bond acceptors (Lipinski definition) is 4. The van der Waals surface area contributed by atoms with Gasteiger partial charge < -0.3 is 10.1 Å². The average Bonchev–Trinajstić information content (AvgIpc) is 3.09. The van der Waals surface area contributed by atoms with Crippen LogP contribution >= 0.6 is 11.8 Å². The molecule has 0 aromatic carbocycles. The largest absolute Gasteiger partial charge is 0.493 e. The average molecular weight is 297 g/mol. The molecular formula is C15H27N3OS. The van der Waals surface area contributed by atoms with Crippen LogP contribution in [0.1, 0.15) is 50.8 Å². The Hall–Kier alpha value is -0.680. The molecule has 1 fully saturated rings. The molecule has 1 aliphatic rings. The third-order valence-electron chi connectivity index (χ3n) is 3.94. The molecule has 5 heteroatoms. The minimum absolute atomic E-state index is 0.322. The first-order valence-corrected chi connectivity index (χ1v) is 8.72. The Kier molecular flexibility index (Phi) is 6.23. The lowest BCUT2D eigenvalue weighted by molar-refractivity contribution is 0.398. The fourth-order valence-corrected chi connectivity index (χ4v) is 4.23. The topological polar surface area (TPSA) is 39.1 Å². The van der Waals surface area contributed by atoms with Gasteiger partial charge in [0.05, 0.1) is 25.0 Å². The number of nitrogens with zero attached hydrogens (tertiary/aromatic N) is 2. The van der Waals surface area contributed by atoms with E-state index in [4.69, 9.17) is 4.74 Å². The summed E-state index contributed by atoms with van der Waals surface area (Å²) >= 11 is 2.11. The van der Waals surface area contributed by atoms with Gasteiger partial charge in [-0.1, -0.05) is 19.8 Å². The van der Waals surface area contributed by atoms with E-state index < -0.39 is 0 Å². The molecule has 0 bridgehead atoms. The van der Waals surface area contributed by atoms with Gasteiger partial charge in [-0.15, -0.1) is 0 Å². The Balaban J connectivity index is 2.03. The maximum Gasteiger partial charge on any atom is 0.161 e. The summed E-state index contributed by atoms with van der Waals surface area (Å²) in [7, 11) is 3.72. The number of aryl methyl sites for hydroxylation is 1. The highest BCUT2D eigenvalue weighted by Crippen LogP contribution is 2.34. The second kappa shape index (κ2) is 7.93. The first-order chi connectivity index (χ1) is 9.76. The summed E-state index contributed by atoms with van der Waals surface area (Å²) in [5, 5.41) is 8.84. The van der Waals surface area contributed by atoms with Crippen LogP contribution in [-0.2, 0) is 7.05 Å². The van der Waals surface area contributed by atoms with E-state index in [1.54, 1.807) is 7.11 Å². The molecule has 4 nitrogen and oxygen atoms in total. The van der Waals surface area contributed by atoms with Crippen LogP contribution in [0.25, 0.3) is 0 Å². The molecule has 0 amide bonds. The van der Waals surface area contributed by atoms with Crippen LogP contribution in [0.5, 0.6) is 5.75 Å². The zero-order chi connectivity index (χ0) is 14.4. The molecule has 1 aliphatic carbocycles. The number of methoxy groups -OCH3 is 1. The minimum atomic E-state index is 0.322. The second-order valence-electron chi connectivity index (χ2n) is 5.47. The zero-order valence-electron chi connectivity index (χ0n) is 12.9. The van der Waals surface area contributed by atoms with E-state index in [2.05, 4.69) is 29.1 Å². The maximum atomic E-state index is 5.47. The van der Waals surface area contributed by atoms with Crippen molar-refractivity contribution in [2.75, 3.05) is 19.4 Å². The van der Waals surface area contributed by atoms with Crippen molar-refractivity contribution in [3.8, 4) is 5.75 Å². The number of ether oxygens (including phenoxy) is 1. The molecule has 0 saturated heterocycles. The molecule has 0 radical (unpaired) electrons. The van der Waals surface area contributed by atoms with E-state index in [1.165, 1.54) is 31.4 Å². The lowest BCUT2D eigenvalue weighted by Gasteiger charge is -2.21. The predicted molar refractivity (Wildman–Crippen MR) is 85.5 cm³/mol. The van der Waals surface area contributed by atoms with Gasteiger partial charge in [-0.05, 0) is 25.8 Å². The van der Waals surface area contributed by atoms with Gasteiger partial charge in [0.15, 0.2) is 5.75 Å². The Morgan fingerprint density at radius 1 is 1.50 bits per heavy atom. The molecule has 0 aliphatic heterocycles. The van der Waals surface area contributed by atoms with Crippen LogP contribution in [0.15, 0.2) is 6.20 Å². The first kappa shape index (κ1) is 15.7. The summed E-state index contributed by atoms with van der Waals surface area (Å²) < 4.78 is 7.41. The molecule has 114 valence electrons. The van der Waals surface area contributed by atoms with Gasteiger partial charge in [0.1, 0.15) is 0 Å². The lowest BCUT2D eigenvalue weighted by Crippen LogP contribution is -2.27. The monoisotopic (exact) mass is 297 g/mol. The van der Waals surface area contributed by atoms with Crippen molar-refractivity contribution in [3.63, 3.8) is 0 Å².